The molecule has 0 amide bonds. The Labute approximate surface area is 77.4 Å². The molecule has 0 aromatic carbocycles. The first-order valence-electron chi connectivity index (χ1n) is 4.23. The van der Waals surface area contributed by atoms with Crippen molar-refractivity contribution in [2.75, 3.05) is 18.1 Å². The fourth-order valence-corrected chi connectivity index (χ4v) is 2.99. The van der Waals surface area contributed by atoms with Crippen LogP contribution in [0.15, 0.2) is 4.99 Å². The molecule has 0 aromatic heterocycles. The summed E-state index contributed by atoms with van der Waals surface area (Å²) in [5.74, 6) is 2.47. The van der Waals surface area contributed by atoms with Gasteiger partial charge in [0.2, 0.25) is 0 Å². The van der Waals surface area contributed by atoms with Crippen molar-refractivity contribution in [1.82, 2.24) is 0 Å². The van der Waals surface area contributed by atoms with Gasteiger partial charge in [-0.15, -0.1) is 0 Å². The summed E-state index contributed by atoms with van der Waals surface area (Å²) < 4.78 is 1.32. The molecule has 0 aliphatic carbocycles. The average Bonchev–Trinajstić information content (AvgIpc) is 2.50. The topological polar surface area (TPSA) is 12.4 Å². The molecule has 0 radical (unpaired) electrons. The van der Waals surface area contributed by atoms with Crippen LogP contribution in [0.2, 0.25) is 0 Å². The molecule has 0 fully saturated rings. The first-order valence-corrected chi connectivity index (χ1v) is 6.20. The predicted molar refractivity (Wildman–Crippen MR) is 56.7 cm³/mol. The molecule has 1 aliphatic heterocycles. The summed E-state index contributed by atoms with van der Waals surface area (Å²) in [7, 11) is 0. The van der Waals surface area contributed by atoms with Gasteiger partial charge in [-0.05, 0) is 12.2 Å². The number of unbranched alkanes of at least 4 members (excludes halogenated alkanes) is 2. The fraction of sp³-hybridized carbons (Fsp3) is 0.875. The van der Waals surface area contributed by atoms with Crippen molar-refractivity contribution >= 4 is 27.9 Å². The van der Waals surface area contributed by atoms with Gasteiger partial charge in [0.25, 0.3) is 0 Å². The van der Waals surface area contributed by atoms with E-state index in [1.165, 1.54) is 35.1 Å². The van der Waals surface area contributed by atoms with E-state index in [0.717, 1.165) is 6.54 Å². The molecule has 1 heterocycles. The predicted octanol–water partition coefficient (Wildman–Crippen LogP) is 3.01. The van der Waals surface area contributed by atoms with E-state index in [9.17, 15) is 0 Å². The molecule has 0 bridgehead atoms. The third-order valence-corrected chi connectivity index (χ3v) is 3.87. The van der Waals surface area contributed by atoms with Crippen LogP contribution in [0.1, 0.15) is 26.2 Å². The average molecular weight is 189 g/mol. The summed E-state index contributed by atoms with van der Waals surface area (Å²) in [6, 6.07) is 0. The van der Waals surface area contributed by atoms with Crippen LogP contribution < -0.4 is 0 Å². The Bertz CT molecular complexity index is 134. The van der Waals surface area contributed by atoms with Gasteiger partial charge in [-0.2, -0.15) is 0 Å². The highest BCUT2D eigenvalue weighted by molar-refractivity contribution is 8.39. The Morgan fingerprint density at radius 2 is 2.45 bits per heavy atom. The van der Waals surface area contributed by atoms with Crippen LogP contribution in [0, 0.1) is 0 Å². The van der Waals surface area contributed by atoms with Crippen molar-refractivity contribution in [2.45, 2.75) is 26.2 Å². The number of thioether (sulfide) groups is 2. The molecule has 0 spiro atoms. The Hall–Kier alpha value is 0.370. The van der Waals surface area contributed by atoms with Gasteiger partial charge in [-0.1, -0.05) is 43.3 Å². The highest BCUT2D eigenvalue weighted by Crippen LogP contribution is 2.22. The monoisotopic (exact) mass is 189 g/mol. The van der Waals surface area contributed by atoms with E-state index in [0.29, 0.717) is 0 Å². The van der Waals surface area contributed by atoms with Gasteiger partial charge in [-0.3, -0.25) is 4.99 Å². The molecule has 3 heteroatoms. The van der Waals surface area contributed by atoms with Crippen molar-refractivity contribution in [2.24, 2.45) is 4.99 Å². The van der Waals surface area contributed by atoms with Crippen LogP contribution in [0.25, 0.3) is 0 Å². The number of hydrogen-bond donors (Lipinski definition) is 0. The minimum absolute atomic E-state index is 1.04. The zero-order valence-electron chi connectivity index (χ0n) is 7.01. The number of nitrogens with zero attached hydrogens (tertiary/aromatic N) is 1. The van der Waals surface area contributed by atoms with Crippen molar-refractivity contribution in [3.63, 3.8) is 0 Å². The minimum atomic E-state index is 1.04. The maximum Gasteiger partial charge on any atom is 0.124 e. The van der Waals surface area contributed by atoms with Crippen LogP contribution in [0.3, 0.4) is 0 Å². The van der Waals surface area contributed by atoms with Crippen molar-refractivity contribution < 1.29 is 0 Å². The molecule has 64 valence electrons. The number of hydrogen-bond acceptors (Lipinski definition) is 3. The Kier molecular flexibility index (Phi) is 5.12. The van der Waals surface area contributed by atoms with Crippen LogP contribution in [-0.2, 0) is 0 Å². The molecule has 11 heavy (non-hydrogen) atoms. The van der Waals surface area contributed by atoms with Crippen LogP contribution in [-0.4, -0.2) is 22.4 Å². The minimum Gasteiger partial charge on any atom is -0.271 e. The quantitative estimate of drug-likeness (QED) is 0.630. The summed E-state index contributed by atoms with van der Waals surface area (Å²) in [4.78, 5) is 4.38. The second kappa shape index (κ2) is 5.95. The summed E-state index contributed by atoms with van der Waals surface area (Å²) in [6.07, 6.45) is 4.03. The van der Waals surface area contributed by atoms with Crippen LogP contribution in [0.4, 0.5) is 0 Å². The van der Waals surface area contributed by atoms with E-state index < -0.39 is 0 Å². The standard InChI is InChI=1S/C8H15NS2/c1-2-3-4-6-10-8-9-5-7-11-8/h2-7H2,1H3. The largest absolute Gasteiger partial charge is 0.271 e. The molecule has 1 aliphatic rings. The van der Waals surface area contributed by atoms with Crippen LogP contribution in [0.5, 0.6) is 0 Å². The Morgan fingerprint density at radius 3 is 3.09 bits per heavy atom. The third kappa shape index (κ3) is 4.06. The molecular formula is C8H15NS2. The lowest BCUT2D eigenvalue weighted by molar-refractivity contribution is 0.779. The molecule has 0 saturated carbocycles. The van der Waals surface area contributed by atoms with E-state index in [1.54, 1.807) is 0 Å². The highest BCUT2D eigenvalue weighted by Gasteiger charge is 2.05. The van der Waals surface area contributed by atoms with Gasteiger partial charge < -0.3 is 0 Å². The Morgan fingerprint density at radius 1 is 1.55 bits per heavy atom. The molecule has 0 unspecified atom stereocenters. The maximum atomic E-state index is 4.38. The van der Waals surface area contributed by atoms with E-state index in [4.69, 9.17) is 0 Å². The normalized spacial score (nSPS) is 17.0. The lowest BCUT2D eigenvalue weighted by Gasteiger charge is -1.97. The molecule has 0 N–H and O–H groups in total. The zero-order chi connectivity index (χ0) is 7.94. The van der Waals surface area contributed by atoms with E-state index in [2.05, 4.69) is 11.9 Å². The smallest absolute Gasteiger partial charge is 0.124 e. The molecule has 0 aromatic rings. The van der Waals surface area contributed by atoms with E-state index in [1.807, 2.05) is 23.5 Å². The lowest BCUT2D eigenvalue weighted by Crippen LogP contribution is -1.84. The second-order valence-electron chi connectivity index (χ2n) is 2.55. The Balaban J connectivity index is 1.94. The van der Waals surface area contributed by atoms with Gasteiger partial charge in [0.05, 0.1) is 6.54 Å². The van der Waals surface area contributed by atoms with Gasteiger partial charge in [0.15, 0.2) is 0 Å². The van der Waals surface area contributed by atoms with Gasteiger partial charge in [0, 0.05) is 5.75 Å². The van der Waals surface area contributed by atoms with Crippen molar-refractivity contribution in [3.8, 4) is 0 Å². The summed E-state index contributed by atoms with van der Waals surface area (Å²) in [5, 5.41) is 0. The van der Waals surface area contributed by atoms with Gasteiger partial charge in [0.1, 0.15) is 4.38 Å². The number of aliphatic imine (C=N–C) groups is 1. The number of rotatable bonds is 4. The van der Waals surface area contributed by atoms with E-state index in [-0.39, 0.29) is 0 Å². The SMILES string of the molecule is CCCCCSC1=NCCS1. The lowest BCUT2D eigenvalue weighted by atomic mass is 10.3. The van der Waals surface area contributed by atoms with Crippen molar-refractivity contribution in [3.05, 3.63) is 0 Å². The van der Waals surface area contributed by atoms with Crippen molar-refractivity contribution in [1.29, 1.82) is 0 Å². The molecule has 1 rings (SSSR count). The van der Waals surface area contributed by atoms with E-state index >= 15 is 0 Å². The first kappa shape index (κ1) is 9.46. The molecule has 0 atom stereocenters. The summed E-state index contributed by atoms with van der Waals surface area (Å²) in [5.41, 5.74) is 0. The molecular weight excluding hydrogens is 174 g/mol. The van der Waals surface area contributed by atoms with Gasteiger partial charge >= 0.3 is 0 Å². The molecule has 1 nitrogen and oxygen atoms in total. The zero-order valence-corrected chi connectivity index (χ0v) is 8.64. The molecule has 0 saturated heterocycles. The summed E-state index contributed by atoms with van der Waals surface area (Å²) in [6.45, 7) is 3.29. The maximum absolute atomic E-state index is 4.38. The highest BCUT2D eigenvalue weighted by atomic mass is 32.2. The summed E-state index contributed by atoms with van der Waals surface area (Å²) >= 11 is 3.85. The second-order valence-corrected chi connectivity index (χ2v) is 4.98. The first-order chi connectivity index (χ1) is 5.43. The van der Waals surface area contributed by atoms with Crippen LogP contribution >= 0.6 is 23.5 Å². The van der Waals surface area contributed by atoms with Gasteiger partial charge in [-0.25, -0.2) is 0 Å². The fourth-order valence-electron chi connectivity index (χ4n) is 0.914. The third-order valence-electron chi connectivity index (χ3n) is 1.53.